The molecule has 1 amide bonds. The first-order valence-electron chi connectivity index (χ1n) is 6.97. The van der Waals surface area contributed by atoms with E-state index in [4.69, 9.17) is 0 Å². The van der Waals surface area contributed by atoms with Gasteiger partial charge in [0, 0.05) is 25.1 Å². The molecular formula is C14H25N5O. The molecule has 20 heavy (non-hydrogen) atoms. The van der Waals surface area contributed by atoms with Gasteiger partial charge < -0.3 is 16.0 Å². The van der Waals surface area contributed by atoms with Crippen LogP contribution in [0.25, 0.3) is 0 Å². The third-order valence-corrected chi connectivity index (χ3v) is 2.70. The molecule has 0 radical (unpaired) electrons. The van der Waals surface area contributed by atoms with Crippen LogP contribution in [-0.4, -0.2) is 35.0 Å². The molecule has 1 aromatic rings. The molecule has 0 aliphatic carbocycles. The van der Waals surface area contributed by atoms with E-state index in [9.17, 15) is 4.79 Å². The van der Waals surface area contributed by atoms with Crippen molar-refractivity contribution in [3.63, 3.8) is 0 Å². The molecule has 1 rings (SSSR count). The Bertz CT molecular complexity index is 459. The van der Waals surface area contributed by atoms with E-state index in [1.54, 1.807) is 6.07 Å². The zero-order valence-electron chi connectivity index (χ0n) is 13.1. The van der Waals surface area contributed by atoms with Crippen LogP contribution < -0.4 is 16.0 Å². The van der Waals surface area contributed by atoms with Crippen LogP contribution in [0.2, 0.25) is 0 Å². The summed E-state index contributed by atoms with van der Waals surface area (Å²) in [5.74, 6) is 2.32. The van der Waals surface area contributed by atoms with Crippen LogP contribution in [0.1, 0.15) is 46.4 Å². The van der Waals surface area contributed by atoms with Gasteiger partial charge in [-0.1, -0.05) is 13.8 Å². The SMILES string of the molecule is CNc1cc(NC(C)C(=O)NC(C)C)nc(C(C)C)n1. The lowest BCUT2D eigenvalue weighted by molar-refractivity contribution is -0.122. The fraction of sp³-hybridized carbons (Fsp3) is 0.643. The molecule has 1 heterocycles. The number of amides is 1. The van der Waals surface area contributed by atoms with Crippen LogP contribution in [0, 0.1) is 0 Å². The number of hydrogen-bond acceptors (Lipinski definition) is 5. The Hall–Kier alpha value is -1.85. The summed E-state index contributed by atoms with van der Waals surface area (Å²) >= 11 is 0. The smallest absolute Gasteiger partial charge is 0.242 e. The fourth-order valence-electron chi connectivity index (χ4n) is 1.62. The van der Waals surface area contributed by atoms with Crippen LogP contribution >= 0.6 is 0 Å². The first-order valence-corrected chi connectivity index (χ1v) is 6.97. The molecule has 0 aromatic carbocycles. The van der Waals surface area contributed by atoms with Gasteiger partial charge in [-0.25, -0.2) is 9.97 Å². The number of nitrogens with one attached hydrogen (secondary N) is 3. The van der Waals surface area contributed by atoms with Crippen molar-refractivity contribution in [1.29, 1.82) is 0 Å². The van der Waals surface area contributed by atoms with Crippen molar-refractivity contribution < 1.29 is 4.79 Å². The number of carbonyl (C=O) groups is 1. The molecule has 0 saturated carbocycles. The van der Waals surface area contributed by atoms with Gasteiger partial charge in [-0.2, -0.15) is 0 Å². The van der Waals surface area contributed by atoms with Crippen LogP contribution in [0.4, 0.5) is 11.6 Å². The highest BCUT2D eigenvalue weighted by atomic mass is 16.2. The number of carbonyl (C=O) groups excluding carboxylic acids is 1. The Morgan fingerprint density at radius 2 is 1.70 bits per heavy atom. The van der Waals surface area contributed by atoms with Gasteiger partial charge in [-0.3, -0.25) is 4.79 Å². The first-order chi connectivity index (χ1) is 9.33. The summed E-state index contributed by atoms with van der Waals surface area (Å²) in [5.41, 5.74) is 0. The molecule has 1 aromatic heterocycles. The maximum Gasteiger partial charge on any atom is 0.242 e. The number of aromatic nitrogens is 2. The lowest BCUT2D eigenvalue weighted by Crippen LogP contribution is -2.41. The molecule has 1 atom stereocenters. The maximum absolute atomic E-state index is 11.9. The minimum absolute atomic E-state index is 0.0456. The molecule has 6 nitrogen and oxygen atoms in total. The molecular weight excluding hydrogens is 254 g/mol. The molecule has 0 spiro atoms. The van der Waals surface area contributed by atoms with Crippen molar-refractivity contribution in [2.24, 2.45) is 0 Å². The van der Waals surface area contributed by atoms with Crippen molar-refractivity contribution in [3.8, 4) is 0 Å². The van der Waals surface area contributed by atoms with E-state index in [1.807, 2.05) is 41.7 Å². The molecule has 0 bridgehead atoms. The van der Waals surface area contributed by atoms with Gasteiger partial charge in [0.05, 0.1) is 0 Å². The minimum atomic E-state index is -0.350. The Labute approximate surface area is 120 Å². The molecule has 6 heteroatoms. The first kappa shape index (κ1) is 16.2. The van der Waals surface area contributed by atoms with Gasteiger partial charge in [-0.05, 0) is 20.8 Å². The Morgan fingerprint density at radius 3 is 2.20 bits per heavy atom. The number of rotatable bonds is 6. The quantitative estimate of drug-likeness (QED) is 0.742. The van der Waals surface area contributed by atoms with Crippen LogP contribution in [-0.2, 0) is 4.79 Å². The van der Waals surface area contributed by atoms with E-state index in [2.05, 4.69) is 25.9 Å². The van der Waals surface area contributed by atoms with E-state index in [1.165, 1.54) is 0 Å². The number of anilines is 2. The zero-order valence-corrected chi connectivity index (χ0v) is 13.1. The van der Waals surface area contributed by atoms with Crippen LogP contribution in [0.3, 0.4) is 0 Å². The number of nitrogens with zero attached hydrogens (tertiary/aromatic N) is 2. The normalized spacial score (nSPS) is 12.4. The van der Waals surface area contributed by atoms with E-state index in [0.717, 1.165) is 11.6 Å². The zero-order chi connectivity index (χ0) is 15.3. The van der Waals surface area contributed by atoms with Crippen molar-refractivity contribution in [2.45, 2.75) is 52.6 Å². The molecule has 0 saturated heterocycles. The summed E-state index contributed by atoms with van der Waals surface area (Å²) in [6.45, 7) is 9.76. The monoisotopic (exact) mass is 279 g/mol. The second kappa shape index (κ2) is 7.07. The van der Waals surface area contributed by atoms with E-state index >= 15 is 0 Å². The summed E-state index contributed by atoms with van der Waals surface area (Å²) in [5, 5.41) is 8.99. The summed E-state index contributed by atoms with van der Waals surface area (Å²) < 4.78 is 0. The highest BCUT2D eigenvalue weighted by Crippen LogP contribution is 2.17. The molecule has 0 aliphatic heterocycles. The summed E-state index contributed by atoms with van der Waals surface area (Å²) in [7, 11) is 1.81. The van der Waals surface area contributed by atoms with E-state index in [-0.39, 0.29) is 23.9 Å². The Morgan fingerprint density at radius 1 is 1.10 bits per heavy atom. The lowest BCUT2D eigenvalue weighted by Gasteiger charge is -2.17. The molecule has 3 N–H and O–H groups in total. The van der Waals surface area contributed by atoms with Crippen molar-refractivity contribution in [3.05, 3.63) is 11.9 Å². The van der Waals surface area contributed by atoms with Crippen molar-refractivity contribution >= 4 is 17.5 Å². The Balaban J connectivity index is 2.85. The second-order valence-corrected chi connectivity index (χ2v) is 5.43. The fourth-order valence-corrected chi connectivity index (χ4v) is 1.62. The summed E-state index contributed by atoms with van der Waals surface area (Å²) in [6.07, 6.45) is 0. The lowest BCUT2D eigenvalue weighted by atomic mass is 10.2. The van der Waals surface area contributed by atoms with Crippen molar-refractivity contribution in [1.82, 2.24) is 15.3 Å². The van der Waals surface area contributed by atoms with Gasteiger partial charge in [0.25, 0.3) is 0 Å². The predicted molar refractivity (Wildman–Crippen MR) is 82.0 cm³/mol. The van der Waals surface area contributed by atoms with Gasteiger partial charge in [0.15, 0.2) is 0 Å². The van der Waals surface area contributed by atoms with Crippen molar-refractivity contribution in [2.75, 3.05) is 17.7 Å². The predicted octanol–water partition coefficient (Wildman–Crippen LogP) is 1.97. The molecule has 0 fully saturated rings. The van der Waals surface area contributed by atoms with Gasteiger partial charge in [0.2, 0.25) is 5.91 Å². The minimum Gasteiger partial charge on any atom is -0.373 e. The highest BCUT2D eigenvalue weighted by Gasteiger charge is 2.15. The largest absolute Gasteiger partial charge is 0.373 e. The topological polar surface area (TPSA) is 78.9 Å². The standard InChI is InChI=1S/C14H25N5O/c1-8(2)13-18-11(15-6)7-12(19-13)17-10(5)14(20)16-9(3)4/h7-10H,1-6H3,(H,16,20)(H2,15,17,18,19). The highest BCUT2D eigenvalue weighted by molar-refractivity contribution is 5.84. The van der Waals surface area contributed by atoms with Gasteiger partial charge in [-0.15, -0.1) is 0 Å². The summed E-state index contributed by atoms with van der Waals surface area (Å²) in [6, 6.07) is 1.57. The molecule has 0 aliphatic rings. The molecule has 1 unspecified atom stereocenters. The van der Waals surface area contributed by atoms with Gasteiger partial charge in [0.1, 0.15) is 23.5 Å². The average Bonchev–Trinajstić information content (AvgIpc) is 2.37. The van der Waals surface area contributed by atoms with E-state index in [0.29, 0.717) is 5.82 Å². The third-order valence-electron chi connectivity index (χ3n) is 2.70. The van der Waals surface area contributed by atoms with Gasteiger partial charge >= 0.3 is 0 Å². The van der Waals surface area contributed by atoms with E-state index < -0.39 is 0 Å². The average molecular weight is 279 g/mol. The van der Waals surface area contributed by atoms with Crippen LogP contribution in [0.15, 0.2) is 6.07 Å². The summed E-state index contributed by atoms with van der Waals surface area (Å²) in [4.78, 5) is 20.7. The van der Waals surface area contributed by atoms with Crippen LogP contribution in [0.5, 0.6) is 0 Å². The maximum atomic E-state index is 11.9. The second-order valence-electron chi connectivity index (χ2n) is 5.43. The molecule has 112 valence electrons. The third kappa shape index (κ3) is 4.68. The number of hydrogen-bond donors (Lipinski definition) is 3. The Kier molecular flexibility index (Phi) is 5.73.